The molecular formula is C24H24BrNO3. The van der Waals surface area contributed by atoms with Crippen LogP contribution in [0.25, 0.3) is 10.8 Å². The number of piperidine rings is 1. The molecule has 1 aliphatic rings. The molecule has 3 aromatic carbocycles. The molecule has 0 amide bonds. The van der Waals surface area contributed by atoms with Crippen molar-refractivity contribution in [2.75, 3.05) is 13.7 Å². The number of carboxylic acids is 1. The summed E-state index contributed by atoms with van der Waals surface area (Å²) in [7, 11) is 1.66. The Bertz CT molecular complexity index is 1030. The lowest BCUT2D eigenvalue weighted by molar-refractivity contribution is -0.145. The maximum absolute atomic E-state index is 12.1. The lowest BCUT2D eigenvalue weighted by Gasteiger charge is -2.40. The third kappa shape index (κ3) is 3.89. The van der Waals surface area contributed by atoms with Gasteiger partial charge in [-0.05, 0) is 53.9 Å². The van der Waals surface area contributed by atoms with Crippen molar-refractivity contribution in [3.63, 3.8) is 0 Å². The summed E-state index contributed by atoms with van der Waals surface area (Å²) in [5.74, 6) is 0.00440. The molecule has 2 atom stereocenters. The van der Waals surface area contributed by atoms with Gasteiger partial charge < -0.3 is 9.84 Å². The van der Waals surface area contributed by atoms with E-state index >= 15 is 0 Å². The van der Waals surface area contributed by atoms with Crippen LogP contribution in [0, 0.1) is 0 Å². The van der Waals surface area contributed by atoms with E-state index in [0.717, 1.165) is 51.5 Å². The smallest absolute Gasteiger partial charge is 0.320 e. The average Bonchev–Trinajstić information content (AvgIpc) is 2.74. The number of carboxylic acid groups (broad SMARTS) is 1. The van der Waals surface area contributed by atoms with Crippen molar-refractivity contribution >= 4 is 32.7 Å². The first-order valence-electron chi connectivity index (χ1n) is 9.90. The van der Waals surface area contributed by atoms with Crippen LogP contribution < -0.4 is 4.74 Å². The highest BCUT2D eigenvalue weighted by Crippen LogP contribution is 2.41. The zero-order valence-electron chi connectivity index (χ0n) is 16.3. The Kier molecular flexibility index (Phi) is 5.88. The zero-order valence-corrected chi connectivity index (χ0v) is 17.9. The second-order valence-corrected chi connectivity index (χ2v) is 8.36. The lowest BCUT2D eigenvalue weighted by Crippen LogP contribution is -2.47. The predicted molar refractivity (Wildman–Crippen MR) is 118 cm³/mol. The summed E-state index contributed by atoms with van der Waals surface area (Å²) >= 11 is 3.59. The van der Waals surface area contributed by atoms with Crippen molar-refractivity contribution in [2.45, 2.75) is 31.3 Å². The van der Waals surface area contributed by atoms with Crippen LogP contribution in [0.5, 0.6) is 5.75 Å². The Morgan fingerprint density at radius 1 is 1.10 bits per heavy atom. The van der Waals surface area contributed by atoms with Gasteiger partial charge in [-0.2, -0.15) is 0 Å². The first kappa shape index (κ1) is 19.9. The summed E-state index contributed by atoms with van der Waals surface area (Å²) in [6.07, 6.45) is 2.58. The summed E-state index contributed by atoms with van der Waals surface area (Å²) in [6, 6.07) is 19.7. The minimum absolute atomic E-state index is 0.213. The van der Waals surface area contributed by atoms with E-state index in [9.17, 15) is 9.90 Å². The van der Waals surface area contributed by atoms with Crippen LogP contribution in [0.4, 0.5) is 0 Å². The van der Waals surface area contributed by atoms with E-state index in [0.29, 0.717) is 6.42 Å². The highest BCUT2D eigenvalue weighted by molar-refractivity contribution is 9.10. The highest BCUT2D eigenvalue weighted by Gasteiger charge is 2.37. The number of carbonyl (C=O) groups is 1. The van der Waals surface area contributed by atoms with E-state index in [-0.39, 0.29) is 6.04 Å². The summed E-state index contributed by atoms with van der Waals surface area (Å²) in [4.78, 5) is 14.3. The van der Waals surface area contributed by atoms with Crippen LogP contribution in [0.3, 0.4) is 0 Å². The van der Waals surface area contributed by atoms with Crippen LogP contribution in [0.2, 0.25) is 0 Å². The van der Waals surface area contributed by atoms with Gasteiger partial charge in [-0.3, -0.25) is 9.69 Å². The molecule has 0 aromatic heterocycles. The number of halogens is 1. The molecule has 5 heteroatoms. The molecule has 1 fully saturated rings. The van der Waals surface area contributed by atoms with Crippen molar-refractivity contribution in [2.24, 2.45) is 0 Å². The molecule has 3 aromatic rings. The molecule has 0 bridgehead atoms. The third-order valence-electron chi connectivity index (χ3n) is 5.77. The minimum Gasteiger partial charge on any atom is -0.496 e. The van der Waals surface area contributed by atoms with Gasteiger partial charge in [0.15, 0.2) is 0 Å². The number of aliphatic carboxylic acids is 1. The SMILES string of the molecule is COc1ccc(Br)cc1C(c1cccc2ccccc12)N1CCCCC1C(=O)O. The first-order chi connectivity index (χ1) is 14.1. The third-order valence-corrected chi connectivity index (χ3v) is 6.26. The molecular weight excluding hydrogens is 430 g/mol. The van der Waals surface area contributed by atoms with E-state index in [1.165, 1.54) is 0 Å². The first-order valence-corrected chi connectivity index (χ1v) is 10.7. The molecule has 0 aliphatic carbocycles. The van der Waals surface area contributed by atoms with Gasteiger partial charge in [0, 0.05) is 10.0 Å². The fraction of sp³-hybridized carbons (Fsp3) is 0.292. The van der Waals surface area contributed by atoms with Gasteiger partial charge in [0.2, 0.25) is 0 Å². The van der Waals surface area contributed by atoms with Gasteiger partial charge in [0.25, 0.3) is 0 Å². The number of ether oxygens (including phenoxy) is 1. The number of nitrogens with zero attached hydrogens (tertiary/aromatic N) is 1. The van der Waals surface area contributed by atoms with E-state index in [2.05, 4.69) is 57.2 Å². The number of hydrogen-bond acceptors (Lipinski definition) is 3. The Labute approximate surface area is 179 Å². The van der Waals surface area contributed by atoms with E-state index < -0.39 is 12.0 Å². The number of hydrogen-bond donors (Lipinski definition) is 1. The van der Waals surface area contributed by atoms with Crippen molar-refractivity contribution < 1.29 is 14.6 Å². The molecule has 0 radical (unpaired) electrons. The highest BCUT2D eigenvalue weighted by atomic mass is 79.9. The standard InChI is InChI=1S/C24H24BrNO3/c1-29-22-13-12-17(25)15-20(22)23(26-14-5-4-11-21(26)24(27)28)19-10-6-8-16-7-2-3-9-18(16)19/h2-3,6-10,12-13,15,21,23H,4-5,11,14H2,1H3,(H,27,28). The van der Waals surface area contributed by atoms with Crippen molar-refractivity contribution in [1.82, 2.24) is 4.90 Å². The topological polar surface area (TPSA) is 49.8 Å². The van der Waals surface area contributed by atoms with Crippen molar-refractivity contribution in [1.29, 1.82) is 0 Å². The molecule has 29 heavy (non-hydrogen) atoms. The summed E-state index contributed by atoms with van der Waals surface area (Å²) in [6.45, 7) is 0.737. The van der Waals surface area contributed by atoms with Crippen molar-refractivity contribution in [3.8, 4) is 5.75 Å². The number of fused-ring (bicyclic) bond motifs is 1. The molecule has 1 heterocycles. The van der Waals surface area contributed by atoms with Gasteiger partial charge in [0.1, 0.15) is 11.8 Å². The van der Waals surface area contributed by atoms with E-state index in [1.807, 2.05) is 24.3 Å². The summed E-state index contributed by atoms with van der Waals surface area (Å²) in [5.41, 5.74) is 2.08. The number of likely N-dealkylation sites (tertiary alicyclic amines) is 1. The summed E-state index contributed by atoms with van der Waals surface area (Å²) in [5, 5.41) is 12.2. The van der Waals surface area contributed by atoms with Gasteiger partial charge >= 0.3 is 5.97 Å². The number of rotatable bonds is 5. The van der Waals surface area contributed by atoms with Crippen molar-refractivity contribution in [3.05, 3.63) is 76.3 Å². The molecule has 150 valence electrons. The van der Waals surface area contributed by atoms with Gasteiger partial charge in [-0.25, -0.2) is 0 Å². The Morgan fingerprint density at radius 3 is 2.69 bits per heavy atom. The fourth-order valence-corrected chi connectivity index (χ4v) is 4.84. The monoisotopic (exact) mass is 453 g/mol. The van der Waals surface area contributed by atoms with Gasteiger partial charge in [0.05, 0.1) is 13.2 Å². The van der Waals surface area contributed by atoms with E-state index in [1.54, 1.807) is 7.11 Å². The van der Waals surface area contributed by atoms with Gasteiger partial charge in [-0.1, -0.05) is 64.8 Å². The zero-order chi connectivity index (χ0) is 20.4. The van der Waals surface area contributed by atoms with Crippen LogP contribution in [-0.2, 0) is 4.79 Å². The average molecular weight is 454 g/mol. The largest absolute Gasteiger partial charge is 0.496 e. The minimum atomic E-state index is -0.760. The van der Waals surface area contributed by atoms with Gasteiger partial charge in [-0.15, -0.1) is 0 Å². The van der Waals surface area contributed by atoms with Crippen LogP contribution in [0.15, 0.2) is 65.1 Å². The Morgan fingerprint density at radius 2 is 1.90 bits per heavy atom. The van der Waals surface area contributed by atoms with Crippen LogP contribution in [-0.4, -0.2) is 35.7 Å². The maximum Gasteiger partial charge on any atom is 0.320 e. The Balaban J connectivity index is 1.97. The molecule has 1 aliphatic heterocycles. The predicted octanol–water partition coefficient (Wildman–Crippen LogP) is 5.64. The molecule has 2 unspecified atom stereocenters. The second-order valence-electron chi connectivity index (χ2n) is 7.44. The number of benzene rings is 3. The maximum atomic E-state index is 12.1. The Hall–Kier alpha value is -2.37. The molecule has 0 saturated carbocycles. The quantitative estimate of drug-likeness (QED) is 0.542. The summed E-state index contributed by atoms with van der Waals surface area (Å²) < 4.78 is 6.65. The lowest BCUT2D eigenvalue weighted by atomic mass is 9.88. The normalized spacial score (nSPS) is 18.5. The molecule has 1 saturated heterocycles. The second kappa shape index (κ2) is 8.56. The molecule has 4 nitrogen and oxygen atoms in total. The van der Waals surface area contributed by atoms with Crippen LogP contribution in [0.1, 0.15) is 36.4 Å². The molecule has 4 rings (SSSR count). The van der Waals surface area contributed by atoms with Crippen LogP contribution >= 0.6 is 15.9 Å². The fourth-order valence-electron chi connectivity index (χ4n) is 4.46. The molecule has 0 spiro atoms. The van der Waals surface area contributed by atoms with E-state index in [4.69, 9.17) is 4.74 Å². The number of methoxy groups -OCH3 is 1. The molecule has 1 N–H and O–H groups in total.